The van der Waals surface area contributed by atoms with E-state index in [4.69, 9.17) is 22.4 Å². The van der Waals surface area contributed by atoms with E-state index >= 15 is 0 Å². The molecule has 13 heavy (non-hydrogen) atoms. The minimum atomic E-state index is -0.262. The Morgan fingerprint density at radius 1 is 1.69 bits per heavy atom. The zero-order chi connectivity index (χ0) is 9.84. The summed E-state index contributed by atoms with van der Waals surface area (Å²) < 4.78 is 0.834. The van der Waals surface area contributed by atoms with Gasteiger partial charge in [0.1, 0.15) is 5.15 Å². The summed E-state index contributed by atoms with van der Waals surface area (Å²) in [6, 6.07) is 1.55. The minimum Gasteiger partial charge on any atom is -0.396 e. The molecule has 0 aromatic carbocycles. The smallest absolute Gasteiger partial charge is 0.133 e. The third kappa shape index (κ3) is 2.91. The number of aromatic nitrogens is 1. The molecule has 72 valence electrons. The van der Waals surface area contributed by atoms with Gasteiger partial charge >= 0.3 is 0 Å². The molecule has 0 aliphatic carbocycles. The summed E-state index contributed by atoms with van der Waals surface area (Å²) in [5, 5.41) is 9.10. The van der Waals surface area contributed by atoms with Crippen LogP contribution in [0.5, 0.6) is 0 Å². The van der Waals surface area contributed by atoms with Gasteiger partial charge in [0.15, 0.2) is 0 Å². The molecule has 0 saturated heterocycles. The first kappa shape index (κ1) is 10.9. The monoisotopic (exact) mass is 264 g/mol. The van der Waals surface area contributed by atoms with Crippen LogP contribution in [0.3, 0.4) is 0 Å². The maximum atomic E-state index is 8.70. The molecular formula is C8H10BrClN2O. The Hall–Kier alpha value is -0.160. The highest BCUT2D eigenvalue weighted by molar-refractivity contribution is 9.10. The van der Waals surface area contributed by atoms with Crippen molar-refractivity contribution in [3.8, 4) is 0 Å². The number of nitrogens with two attached hydrogens (primary N) is 1. The van der Waals surface area contributed by atoms with Crippen LogP contribution >= 0.6 is 27.5 Å². The number of halogens is 2. The lowest BCUT2D eigenvalue weighted by molar-refractivity contribution is 0.276. The third-order valence-corrected chi connectivity index (χ3v) is 2.42. The van der Waals surface area contributed by atoms with Gasteiger partial charge < -0.3 is 10.8 Å². The molecule has 0 fully saturated rings. The molecule has 0 saturated carbocycles. The first-order valence-electron chi connectivity index (χ1n) is 3.82. The summed E-state index contributed by atoms with van der Waals surface area (Å²) in [6.07, 6.45) is 2.09. The number of pyridine rings is 1. The fraction of sp³-hybridized carbons (Fsp3) is 0.375. The molecule has 0 aliphatic rings. The van der Waals surface area contributed by atoms with E-state index in [9.17, 15) is 0 Å². The Labute approximate surface area is 90.1 Å². The molecule has 1 aromatic rings. The van der Waals surface area contributed by atoms with Gasteiger partial charge in [-0.05, 0) is 28.4 Å². The van der Waals surface area contributed by atoms with Gasteiger partial charge in [-0.15, -0.1) is 0 Å². The fourth-order valence-electron chi connectivity index (χ4n) is 0.993. The van der Waals surface area contributed by atoms with Crippen molar-refractivity contribution >= 4 is 27.5 Å². The van der Waals surface area contributed by atoms with Crippen molar-refractivity contribution in [1.82, 2.24) is 4.98 Å². The van der Waals surface area contributed by atoms with E-state index in [-0.39, 0.29) is 12.6 Å². The van der Waals surface area contributed by atoms with Crippen LogP contribution in [-0.4, -0.2) is 16.7 Å². The molecule has 0 aliphatic heterocycles. The first-order valence-corrected chi connectivity index (χ1v) is 4.99. The molecule has 0 amide bonds. The summed E-state index contributed by atoms with van der Waals surface area (Å²) in [6.45, 7) is 0.0456. The summed E-state index contributed by atoms with van der Waals surface area (Å²) in [4.78, 5) is 3.94. The second-order valence-corrected chi connectivity index (χ2v) is 3.93. The molecule has 0 bridgehead atoms. The SMILES string of the molecule is NC(CCO)c1cc(Br)cnc1Cl. The number of hydrogen-bond acceptors (Lipinski definition) is 3. The Kier molecular flexibility index (Phi) is 4.12. The Morgan fingerprint density at radius 3 is 3.00 bits per heavy atom. The lowest BCUT2D eigenvalue weighted by atomic mass is 10.1. The quantitative estimate of drug-likeness (QED) is 0.821. The lowest BCUT2D eigenvalue weighted by Gasteiger charge is -2.11. The van der Waals surface area contributed by atoms with Crippen molar-refractivity contribution < 1.29 is 5.11 Å². The van der Waals surface area contributed by atoms with Gasteiger partial charge in [0.2, 0.25) is 0 Å². The molecule has 1 atom stereocenters. The van der Waals surface area contributed by atoms with Crippen LogP contribution in [0.15, 0.2) is 16.7 Å². The van der Waals surface area contributed by atoms with E-state index in [1.807, 2.05) is 6.07 Å². The van der Waals surface area contributed by atoms with Crippen molar-refractivity contribution in [2.45, 2.75) is 12.5 Å². The van der Waals surface area contributed by atoms with Crippen LogP contribution in [0, 0.1) is 0 Å². The molecule has 1 heterocycles. The second-order valence-electron chi connectivity index (χ2n) is 2.65. The number of nitrogens with zero attached hydrogens (tertiary/aromatic N) is 1. The predicted octanol–water partition coefficient (Wildman–Crippen LogP) is 1.88. The molecule has 5 heteroatoms. The van der Waals surface area contributed by atoms with Crippen molar-refractivity contribution in [2.75, 3.05) is 6.61 Å². The largest absolute Gasteiger partial charge is 0.396 e. The van der Waals surface area contributed by atoms with Crippen molar-refractivity contribution in [3.63, 3.8) is 0 Å². The van der Waals surface area contributed by atoms with Crippen molar-refractivity contribution in [2.24, 2.45) is 5.73 Å². The van der Waals surface area contributed by atoms with Gasteiger partial charge in [-0.3, -0.25) is 0 Å². The maximum Gasteiger partial charge on any atom is 0.133 e. The Bertz CT molecular complexity index is 295. The number of aliphatic hydroxyl groups is 1. The molecule has 3 nitrogen and oxygen atoms in total. The van der Waals surface area contributed by atoms with Crippen LogP contribution in [0.2, 0.25) is 5.15 Å². The third-order valence-electron chi connectivity index (χ3n) is 1.67. The van der Waals surface area contributed by atoms with Crippen molar-refractivity contribution in [1.29, 1.82) is 0 Å². The number of aliphatic hydroxyl groups excluding tert-OH is 1. The zero-order valence-corrected chi connectivity index (χ0v) is 9.22. The van der Waals surface area contributed by atoms with Gasteiger partial charge in [-0.1, -0.05) is 11.6 Å². The molecule has 1 unspecified atom stereocenters. The van der Waals surface area contributed by atoms with Gasteiger partial charge in [-0.2, -0.15) is 0 Å². The topological polar surface area (TPSA) is 59.1 Å². The average Bonchev–Trinajstić information content (AvgIpc) is 2.09. The first-order chi connectivity index (χ1) is 6.15. The molecular weight excluding hydrogens is 255 g/mol. The normalized spacial score (nSPS) is 12.9. The summed E-state index contributed by atoms with van der Waals surface area (Å²) >= 11 is 9.11. The number of hydrogen-bond donors (Lipinski definition) is 2. The van der Waals surface area contributed by atoms with E-state index < -0.39 is 0 Å². The van der Waals surface area contributed by atoms with Gasteiger partial charge in [0.05, 0.1) is 0 Å². The van der Waals surface area contributed by atoms with Gasteiger partial charge in [0, 0.05) is 28.9 Å². The van der Waals surface area contributed by atoms with E-state index in [2.05, 4.69) is 20.9 Å². The highest BCUT2D eigenvalue weighted by Gasteiger charge is 2.10. The number of rotatable bonds is 3. The zero-order valence-electron chi connectivity index (χ0n) is 6.87. The lowest BCUT2D eigenvalue weighted by Crippen LogP contribution is -2.12. The van der Waals surface area contributed by atoms with Crippen molar-refractivity contribution in [3.05, 3.63) is 27.5 Å². The minimum absolute atomic E-state index is 0.0456. The van der Waals surface area contributed by atoms with E-state index in [1.165, 1.54) is 0 Å². The summed E-state index contributed by atoms with van der Waals surface area (Å²) in [7, 11) is 0. The van der Waals surface area contributed by atoms with E-state index in [0.29, 0.717) is 11.6 Å². The summed E-state index contributed by atoms with van der Waals surface area (Å²) in [5.74, 6) is 0. The van der Waals surface area contributed by atoms with Gasteiger partial charge in [0.25, 0.3) is 0 Å². The van der Waals surface area contributed by atoms with E-state index in [0.717, 1.165) is 10.0 Å². The Morgan fingerprint density at radius 2 is 2.38 bits per heavy atom. The molecule has 0 radical (unpaired) electrons. The molecule has 1 rings (SSSR count). The van der Waals surface area contributed by atoms with Crippen LogP contribution in [0.25, 0.3) is 0 Å². The molecule has 0 spiro atoms. The van der Waals surface area contributed by atoms with Crippen LogP contribution in [-0.2, 0) is 0 Å². The van der Waals surface area contributed by atoms with Gasteiger partial charge in [-0.25, -0.2) is 4.98 Å². The van der Waals surface area contributed by atoms with Crippen LogP contribution in [0.4, 0.5) is 0 Å². The standard InChI is InChI=1S/C8H10BrClN2O/c9-5-3-6(7(11)1-2-13)8(10)12-4-5/h3-4,7,13H,1-2,11H2. The molecule has 3 N–H and O–H groups in total. The fourth-order valence-corrected chi connectivity index (χ4v) is 1.59. The second kappa shape index (κ2) is 4.91. The highest BCUT2D eigenvalue weighted by Crippen LogP contribution is 2.24. The average molecular weight is 266 g/mol. The van der Waals surface area contributed by atoms with Crippen LogP contribution in [0.1, 0.15) is 18.0 Å². The van der Waals surface area contributed by atoms with E-state index in [1.54, 1.807) is 6.20 Å². The maximum absolute atomic E-state index is 8.70. The van der Waals surface area contributed by atoms with Crippen LogP contribution < -0.4 is 5.73 Å². The summed E-state index contributed by atoms with van der Waals surface area (Å²) in [5.41, 5.74) is 6.52. The highest BCUT2D eigenvalue weighted by atomic mass is 79.9. The predicted molar refractivity (Wildman–Crippen MR) is 55.6 cm³/mol. The molecule has 1 aromatic heterocycles. The Balaban J connectivity index is 2.91.